The Morgan fingerprint density at radius 2 is 1.89 bits per heavy atom. The maximum absolute atomic E-state index is 13.2. The summed E-state index contributed by atoms with van der Waals surface area (Å²) in [5.74, 6) is 0.175. The van der Waals surface area contributed by atoms with Crippen LogP contribution in [-0.4, -0.2) is 9.97 Å². The minimum Gasteiger partial charge on any atom is -0.436 e. The van der Waals surface area contributed by atoms with Crippen LogP contribution in [-0.2, 0) is 0 Å². The molecule has 3 rings (SSSR count). The van der Waals surface area contributed by atoms with Crippen LogP contribution in [0.1, 0.15) is 0 Å². The molecule has 94 valence electrons. The Labute approximate surface area is 108 Å². The first kappa shape index (κ1) is 11.4. The number of anilines is 1. The van der Waals surface area contributed by atoms with Gasteiger partial charge in [-0.15, -0.1) is 0 Å². The van der Waals surface area contributed by atoms with E-state index in [1.54, 1.807) is 0 Å². The predicted molar refractivity (Wildman–Crippen MR) is 70.4 cm³/mol. The van der Waals surface area contributed by atoms with Crippen molar-refractivity contribution in [1.29, 1.82) is 0 Å². The lowest BCUT2D eigenvalue weighted by atomic mass is 10.2. The van der Waals surface area contributed by atoms with E-state index in [1.807, 2.05) is 24.3 Å². The molecule has 0 saturated heterocycles. The van der Waals surface area contributed by atoms with Crippen LogP contribution in [0.2, 0.25) is 0 Å². The third-order valence-corrected chi connectivity index (χ3v) is 2.69. The Balaban J connectivity index is 2.08. The van der Waals surface area contributed by atoms with Crippen molar-refractivity contribution in [3.63, 3.8) is 0 Å². The van der Waals surface area contributed by atoms with E-state index in [9.17, 15) is 4.39 Å². The molecule has 2 N–H and O–H groups in total. The number of hydrogen-bond donors (Lipinski definition) is 1. The summed E-state index contributed by atoms with van der Waals surface area (Å²) in [6.07, 6.45) is 1.40. The topological polar surface area (TPSA) is 61.0 Å². The molecule has 2 aromatic carbocycles. The lowest BCUT2D eigenvalue weighted by Gasteiger charge is -2.09. The highest BCUT2D eigenvalue weighted by molar-refractivity contribution is 5.83. The number of ether oxygens (including phenoxy) is 1. The largest absolute Gasteiger partial charge is 0.436 e. The van der Waals surface area contributed by atoms with Crippen LogP contribution in [0.15, 0.2) is 48.8 Å². The Morgan fingerprint density at radius 3 is 2.79 bits per heavy atom. The Hall–Kier alpha value is -2.69. The number of para-hydroxylation sites is 1. The van der Waals surface area contributed by atoms with Crippen LogP contribution >= 0.6 is 0 Å². The molecule has 1 aromatic heterocycles. The van der Waals surface area contributed by atoms with Crippen LogP contribution in [0.4, 0.5) is 10.1 Å². The second-order valence-corrected chi connectivity index (χ2v) is 3.98. The summed E-state index contributed by atoms with van der Waals surface area (Å²) in [6.45, 7) is 0. The van der Waals surface area contributed by atoms with Gasteiger partial charge in [-0.25, -0.2) is 14.4 Å². The molecule has 0 amide bonds. The van der Waals surface area contributed by atoms with Crippen LogP contribution in [0.5, 0.6) is 11.6 Å². The first-order chi connectivity index (χ1) is 9.24. The average molecular weight is 255 g/mol. The molecule has 1 heterocycles. The average Bonchev–Trinajstić information content (AvgIpc) is 2.43. The van der Waals surface area contributed by atoms with Crippen molar-refractivity contribution in [1.82, 2.24) is 9.97 Å². The van der Waals surface area contributed by atoms with Crippen molar-refractivity contribution in [2.75, 3.05) is 5.73 Å². The zero-order chi connectivity index (χ0) is 13.2. The zero-order valence-corrected chi connectivity index (χ0v) is 9.88. The van der Waals surface area contributed by atoms with E-state index < -0.39 is 5.82 Å². The molecule has 19 heavy (non-hydrogen) atoms. The van der Waals surface area contributed by atoms with Gasteiger partial charge in [0.15, 0.2) is 5.75 Å². The molecule has 0 bridgehead atoms. The molecule has 0 fully saturated rings. The van der Waals surface area contributed by atoms with Gasteiger partial charge in [0.2, 0.25) is 5.88 Å². The summed E-state index contributed by atoms with van der Waals surface area (Å²) in [4.78, 5) is 8.19. The minimum atomic E-state index is -0.414. The van der Waals surface area contributed by atoms with Gasteiger partial charge in [-0.1, -0.05) is 12.1 Å². The van der Waals surface area contributed by atoms with Crippen LogP contribution in [0.25, 0.3) is 10.9 Å². The van der Waals surface area contributed by atoms with Crippen molar-refractivity contribution < 1.29 is 9.13 Å². The van der Waals surface area contributed by atoms with E-state index in [4.69, 9.17) is 10.5 Å². The number of aromatic nitrogens is 2. The van der Waals surface area contributed by atoms with Gasteiger partial charge < -0.3 is 10.5 Å². The number of fused-ring (bicyclic) bond motifs is 1. The number of rotatable bonds is 2. The van der Waals surface area contributed by atoms with E-state index >= 15 is 0 Å². The fourth-order valence-corrected chi connectivity index (χ4v) is 1.76. The van der Waals surface area contributed by atoms with Gasteiger partial charge >= 0.3 is 0 Å². The van der Waals surface area contributed by atoms with Crippen molar-refractivity contribution in [3.8, 4) is 11.6 Å². The van der Waals surface area contributed by atoms with Gasteiger partial charge in [0.25, 0.3) is 0 Å². The molecule has 0 spiro atoms. The first-order valence-electron chi connectivity index (χ1n) is 5.66. The molecule has 0 unspecified atom stereocenters. The molecular formula is C14H10FN3O. The number of halogens is 1. The van der Waals surface area contributed by atoms with Crippen LogP contribution in [0.3, 0.4) is 0 Å². The Kier molecular flexibility index (Phi) is 2.72. The monoisotopic (exact) mass is 255 g/mol. The number of nitrogen functional groups attached to an aromatic ring is 1. The quantitative estimate of drug-likeness (QED) is 0.714. The summed E-state index contributed by atoms with van der Waals surface area (Å²) in [5.41, 5.74) is 6.85. The molecule has 0 saturated carbocycles. The summed E-state index contributed by atoms with van der Waals surface area (Å²) in [6, 6.07) is 11.4. The highest BCUT2D eigenvalue weighted by Crippen LogP contribution is 2.30. The highest BCUT2D eigenvalue weighted by Gasteiger charge is 2.08. The van der Waals surface area contributed by atoms with Gasteiger partial charge in [-0.2, -0.15) is 0 Å². The van der Waals surface area contributed by atoms with E-state index in [0.29, 0.717) is 11.6 Å². The van der Waals surface area contributed by atoms with Crippen LogP contribution in [0, 0.1) is 5.82 Å². The standard InChI is InChI=1S/C14H10FN3O/c15-9-5-6-11(16)13(7-9)19-14-10-3-1-2-4-12(10)17-8-18-14/h1-8H,16H2. The lowest BCUT2D eigenvalue weighted by molar-refractivity contribution is 0.465. The van der Waals surface area contributed by atoms with Gasteiger partial charge in [0.1, 0.15) is 12.1 Å². The number of nitrogens with zero attached hydrogens (tertiary/aromatic N) is 2. The molecular weight excluding hydrogens is 245 g/mol. The normalized spacial score (nSPS) is 10.6. The SMILES string of the molecule is Nc1ccc(F)cc1Oc1ncnc2ccccc12. The minimum absolute atomic E-state index is 0.240. The summed E-state index contributed by atoms with van der Waals surface area (Å²) >= 11 is 0. The molecule has 3 aromatic rings. The van der Waals surface area contributed by atoms with Crippen molar-refractivity contribution in [3.05, 3.63) is 54.6 Å². The second kappa shape index (κ2) is 4.53. The van der Waals surface area contributed by atoms with E-state index in [2.05, 4.69) is 9.97 Å². The van der Waals surface area contributed by atoms with Gasteiger partial charge in [0.05, 0.1) is 16.6 Å². The third-order valence-electron chi connectivity index (χ3n) is 2.69. The van der Waals surface area contributed by atoms with E-state index in [-0.39, 0.29) is 5.75 Å². The number of benzene rings is 2. The molecule has 0 aliphatic rings. The lowest BCUT2D eigenvalue weighted by Crippen LogP contribution is -1.95. The summed E-state index contributed by atoms with van der Waals surface area (Å²) < 4.78 is 18.8. The van der Waals surface area contributed by atoms with Crippen molar-refractivity contribution in [2.45, 2.75) is 0 Å². The molecule has 5 heteroatoms. The predicted octanol–water partition coefficient (Wildman–Crippen LogP) is 3.14. The van der Waals surface area contributed by atoms with Gasteiger partial charge in [-0.05, 0) is 24.3 Å². The highest BCUT2D eigenvalue weighted by atomic mass is 19.1. The fourth-order valence-electron chi connectivity index (χ4n) is 1.76. The van der Waals surface area contributed by atoms with E-state index in [1.165, 1.54) is 24.5 Å². The fraction of sp³-hybridized carbons (Fsp3) is 0. The Bertz CT molecular complexity index is 740. The zero-order valence-electron chi connectivity index (χ0n) is 9.88. The van der Waals surface area contributed by atoms with Crippen LogP contribution < -0.4 is 10.5 Å². The van der Waals surface area contributed by atoms with Gasteiger partial charge in [-0.3, -0.25) is 0 Å². The first-order valence-corrected chi connectivity index (χ1v) is 5.66. The molecule has 4 nitrogen and oxygen atoms in total. The third kappa shape index (κ3) is 2.18. The second-order valence-electron chi connectivity index (χ2n) is 3.98. The van der Waals surface area contributed by atoms with Gasteiger partial charge in [0, 0.05) is 6.07 Å². The Morgan fingerprint density at radius 1 is 1.05 bits per heavy atom. The number of hydrogen-bond acceptors (Lipinski definition) is 4. The van der Waals surface area contributed by atoms with Crippen molar-refractivity contribution in [2.24, 2.45) is 0 Å². The molecule has 0 radical (unpaired) electrons. The summed E-state index contributed by atoms with van der Waals surface area (Å²) in [7, 11) is 0. The summed E-state index contributed by atoms with van der Waals surface area (Å²) in [5, 5.41) is 0.744. The number of nitrogens with two attached hydrogens (primary N) is 1. The van der Waals surface area contributed by atoms with E-state index in [0.717, 1.165) is 10.9 Å². The smallest absolute Gasteiger partial charge is 0.230 e. The van der Waals surface area contributed by atoms with Crippen molar-refractivity contribution >= 4 is 16.6 Å². The molecule has 0 atom stereocenters. The maximum atomic E-state index is 13.2. The molecule has 0 aliphatic carbocycles. The maximum Gasteiger partial charge on any atom is 0.230 e. The molecule has 0 aliphatic heterocycles.